The molecule has 1 aliphatic heterocycles. The van der Waals surface area contributed by atoms with Crippen molar-refractivity contribution in [2.75, 3.05) is 10.2 Å². The van der Waals surface area contributed by atoms with Crippen molar-refractivity contribution in [3.8, 4) is 6.07 Å². The summed E-state index contributed by atoms with van der Waals surface area (Å²) in [6.07, 6.45) is 0.342. The molecule has 0 bridgehead atoms. The molecule has 0 unspecified atom stereocenters. The Bertz CT molecular complexity index is 1250. The quantitative estimate of drug-likeness (QED) is 0.422. The number of carbonyl (C=O) groups excluding carboxylic acids is 2. The first-order valence-corrected chi connectivity index (χ1v) is 11.2. The van der Waals surface area contributed by atoms with Gasteiger partial charge >= 0.3 is 0 Å². The van der Waals surface area contributed by atoms with E-state index in [1.54, 1.807) is 48.5 Å². The maximum Gasteiger partial charge on any atom is 0.269 e. The van der Waals surface area contributed by atoms with E-state index in [1.807, 2.05) is 31.2 Å². The first-order valence-electron chi connectivity index (χ1n) is 10.3. The third-order valence-corrected chi connectivity index (χ3v) is 6.43. The molecule has 1 saturated heterocycles. The molecular weight excluding hydrogens is 437 g/mol. The highest BCUT2D eigenvalue weighted by molar-refractivity contribution is 8.05. The van der Waals surface area contributed by atoms with E-state index in [2.05, 4.69) is 5.32 Å². The fourth-order valence-corrected chi connectivity index (χ4v) is 4.77. The molecule has 33 heavy (non-hydrogen) atoms. The molecular formula is C26H20FN3O2S. The van der Waals surface area contributed by atoms with Crippen LogP contribution in [0, 0.1) is 24.1 Å². The van der Waals surface area contributed by atoms with Crippen LogP contribution in [0.2, 0.25) is 0 Å². The second-order valence-electron chi connectivity index (χ2n) is 7.56. The number of carbonyl (C=O) groups is 2. The number of aryl methyl sites for hydroxylation is 1. The number of para-hydroxylation sites is 1. The Balaban J connectivity index is 1.70. The zero-order chi connectivity index (χ0) is 23.4. The van der Waals surface area contributed by atoms with Gasteiger partial charge in [0.25, 0.3) is 5.91 Å². The molecule has 4 rings (SSSR count). The van der Waals surface area contributed by atoms with E-state index in [1.165, 1.54) is 28.8 Å². The van der Waals surface area contributed by atoms with Gasteiger partial charge in [-0.25, -0.2) is 4.39 Å². The molecule has 1 fully saturated rings. The van der Waals surface area contributed by atoms with Crippen molar-refractivity contribution < 1.29 is 14.0 Å². The fourth-order valence-electron chi connectivity index (χ4n) is 3.46. The molecule has 0 spiro atoms. The minimum atomic E-state index is -0.583. The summed E-state index contributed by atoms with van der Waals surface area (Å²) in [6, 6.07) is 24.1. The van der Waals surface area contributed by atoms with Gasteiger partial charge in [-0.15, -0.1) is 0 Å². The number of nitrogens with zero attached hydrogens (tertiary/aromatic N) is 2. The molecule has 0 aliphatic carbocycles. The van der Waals surface area contributed by atoms with Gasteiger partial charge < -0.3 is 5.32 Å². The van der Waals surface area contributed by atoms with Crippen LogP contribution in [-0.2, 0) is 16.0 Å². The first kappa shape index (κ1) is 22.3. The van der Waals surface area contributed by atoms with Gasteiger partial charge in [0.05, 0.1) is 5.25 Å². The number of hydrogen-bond acceptors (Lipinski definition) is 4. The number of hydrogen-bond donors (Lipinski definition) is 1. The van der Waals surface area contributed by atoms with E-state index >= 15 is 0 Å². The number of nitriles is 1. The Morgan fingerprint density at radius 2 is 1.73 bits per heavy atom. The number of benzene rings is 3. The van der Waals surface area contributed by atoms with Crippen LogP contribution in [0.5, 0.6) is 0 Å². The molecule has 0 radical (unpaired) electrons. The van der Waals surface area contributed by atoms with Crippen molar-refractivity contribution >= 4 is 35.0 Å². The second-order valence-corrected chi connectivity index (χ2v) is 8.75. The first-order chi connectivity index (χ1) is 16.0. The van der Waals surface area contributed by atoms with Crippen LogP contribution in [-0.4, -0.2) is 17.1 Å². The lowest BCUT2D eigenvalue weighted by molar-refractivity contribution is -0.117. The van der Waals surface area contributed by atoms with Crippen LogP contribution >= 0.6 is 11.8 Å². The number of amides is 2. The number of nitrogens with one attached hydrogen (secondary N) is 1. The molecule has 2 amide bonds. The Labute approximate surface area is 195 Å². The minimum Gasteiger partial charge on any atom is -0.321 e. The fraction of sp³-hybridized carbons (Fsp3) is 0.115. The average molecular weight is 458 g/mol. The van der Waals surface area contributed by atoms with E-state index in [0.29, 0.717) is 17.8 Å². The standard InChI is InChI=1S/C26H20FN3O2S/c1-17-7-13-20(14-8-17)29-24(31)22(16-28)26-30(21-5-3-2-4-6-21)25(32)23(33-26)15-18-9-11-19(27)12-10-18/h2-14,23H,15H2,1H3,(H,29,31)/b26-22-/t23-/m1/s1. The number of anilines is 2. The lowest BCUT2D eigenvalue weighted by Crippen LogP contribution is -2.30. The Morgan fingerprint density at radius 1 is 1.06 bits per heavy atom. The summed E-state index contributed by atoms with van der Waals surface area (Å²) in [5, 5.41) is 12.3. The predicted octanol–water partition coefficient (Wildman–Crippen LogP) is 5.20. The Kier molecular flexibility index (Phi) is 6.57. The summed E-state index contributed by atoms with van der Waals surface area (Å²) in [7, 11) is 0. The zero-order valence-corrected chi connectivity index (χ0v) is 18.6. The molecule has 3 aromatic rings. The van der Waals surface area contributed by atoms with E-state index in [0.717, 1.165) is 11.1 Å². The highest BCUT2D eigenvalue weighted by atomic mass is 32.2. The normalized spacial score (nSPS) is 16.9. The number of halogens is 1. The van der Waals surface area contributed by atoms with Gasteiger partial charge in [-0.2, -0.15) is 5.26 Å². The van der Waals surface area contributed by atoms with Gasteiger partial charge in [0.15, 0.2) is 0 Å². The summed E-state index contributed by atoms with van der Waals surface area (Å²) < 4.78 is 13.3. The minimum absolute atomic E-state index is 0.139. The van der Waals surface area contributed by atoms with Crippen LogP contribution in [0.3, 0.4) is 0 Å². The smallest absolute Gasteiger partial charge is 0.269 e. The summed E-state index contributed by atoms with van der Waals surface area (Å²) in [5.74, 6) is -1.17. The van der Waals surface area contributed by atoms with Gasteiger partial charge in [-0.3, -0.25) is 14.5 Å². The molecule has 1 atom stereocenters. The average Bonchev–Trinajstić information content (AvgIpc) is 3.13. The van der Waals surface area contributed by atoms with Crippen molar-refractivity contribution in [2.24, 2.45) is 0 Å². The molecule has 3 aromatic carbocycles. The second kappa shape index (κ2) is 9.72. The van der Waals surface area contributed by atoms with Gasteiger partial charge in [0.1, 0.15) is 22.5 Å². The maximum atomic E-state index is 13.4. The van der Waals surface area contributed by atoms with Gasteiger partial charge in [-0.1, -0.05) is 59.8 Å². The largest absolute Gasteiger partial charge is 0.321 e. The van der Waals surface area contributed by atoms with E-state index < -0.39 is 11.2 Å². The molecule has 0 aromatic heterocycles. The lowest BCUT2D eigenvalue weighted by atomic mass is 10.1. The van der Waals surface area contributed by atoms with Gasteiger partial charge in [-0.05, 0) is 55.3 Å². The van der Waals surface area contributed by atoms with Gasteiger partial charge in [0, 0.05) is 11.4 Å². The van der Waals surface area contributed by atoms with E-state index in [-0.39, 0.29) is 22.3 Å². The molecule has 7 heteroatoms. The molecule has 1 heterocycles. The Morgan fingerprint density at radius 3 is 2.36 bits per heavy atom. The van der Waals surface area contributed by atoms with Crippen molar-refractivity contribution in [1.82, 2.24) is 0 Å². The molecule has 164 valence electrons. The van der Waals surface area contributed by atoms with Crippen LogP contribution in [0.1, 0.15) is 11.1 Å². The van der Waals surface area contributed by atoms with E-state index in [4.69, 9.17) is 0 Å². The summed E-state index contributed by atoms with van der Waals surface area (Å²) in [5.41, 5.74) is 2.83. The van der Waals surface area contributed by atoms with Crippen LogP contribution < -0.4 is 10.2 Å². The summed E-state index contributed by atoms with van der Waals surface area (Å²) in [6.45, 7) is 1.94. The molecule has 5 nitrogen and oxygen atoms in total. The lowest BCUT2D eigenvalue weighted by Gasteiger charge is -2.18. The number of thioether (sulfide) groups is 1. The van der Waals surface area contributed by atoms with Crippen molar-refractivity contribution in [3.63, 3.8) is 0 Å². The summed E-state index contributed by atoms with van der Waals surface area (Å²) in [4.78, 5) is 27.8. The predicted molar refractivity (Wildman–Crippen MR) is 128 cm³/mol. The highest BCUT2D eigenvalue weighted by Gasteiger charge is 2.40. The highest BCUT2D eigenvalue weighted by Crippen LogP contribution is 2.42. The third-order valence-electron chi connectivity index (χ3n) is 5.16. The van der Waals surface area contributed by atoms with Crippen LogP contribution in [0.15, 0.2) is 89.5 Å². The van der Waals surface area contributed by atoms with Crippen LogP contribution in [0.25, 0.3) is 0 Å². The van der Waals surface area contributed by atoms with Gasteiger partial charge in [0.2, 0.25) is 5.91 Å². The van der Waals surface area contributed by atoms with Crippen molar-refractivity contribution in [3.05, 3.63) is 106 Å². The third kappa shape index (κ3) is 4.97. The molecule has 1 N–H and O–H groups in total. The number of rotatable bonds is 5. The monoisotopic (exact) mass is 457 g/mol. The zero-order valence-electron chi connectivity index (χ0n) is 17.8. The molecule has 0 saturated carbocycles. The van der Waals surface area contributed by atoms with Crippen molar-refractivity contribution in [2.45, 2.75) is 18.6 Å². The topological polar surface area (TPSA) is 73.2 Å². The van der Waals surface area contributed by atoms with Crippen LogP contribution in [0.4, 0.5) is 15.8 Å². The van der Waals surface area contributed by atoms with E-state index in [9.17, 15) is 19.2 Å². The SMILES string of the molecule is Cc1ccc(NC(=O)/C(C#N)=C2\S[C@H](Cc3ccc(F)cc3)C(=O)N2c2ccccc2)cc1. The maximum absolute atomic E-state index is 13.4. The van der Waals surface area contributed by atoms with Crippen molar-refractivity contribution in [1.29, 1.82) is 5.26 Å². The Hall–Kier alpha value is -3.89. The summed E-state index contributed by atoms with van der Waals surface area (Å²) >= 11 is 1.17. The molecule has 1 aliphatic rings.